The summed E-state index contributed by atoms with van der Waals surface area (Å²) in [4.78, 5) is 27.4. The Morgan fingerprint density at radius 3 is 2.59 bits per heavy atom. The van der Waals surface area contributed by atoms with Crippen LogP contribution >= 0.6 is 0 Å². The van der Waals surface area contributed by atoms with E-state index in [0.29, 0.717) is 18.2 Å². The van der Waals surface area contributed by atoms with E-state index < -0.39 is 0 Å². The highest BCUT2D eigenvalue weighted by molar-refractivity contribution is 5.92. The van der Waals surface area contributed by atoms with Gasteiger partial charge in [0.15, 0.2) is 0 Å². The van der Waals surface area contributed by atoms with E-state index in [0.717, 1.165) is 24.3 Å². The van der Waals surface area contributed by atoms with E-state index in [1.54, 1.807) is 24.7 Å². The molecule has 7 nitrogen and oxygen atoms in total. The number of nitrogens with zero attached hydrogens (tertiary/aromatic N) is 4. The summed E-state index contributed by atoms with van der Waals surface area (Å²) in [5, 5.41) is 6.02. The molecule has 1 fully saturated rings. The highest BCUT2D eigenvalue weighted by Crippen LogP contribution is 2.22. The molecule has 29 heavy (non-hydrogen) atoms. The van der Waals surface area contributed by atoms with Gasteiger partial charge in [-0.15, -0.1) is 0 Å². The van der Waals surface area contributed by atoms with Crippen LogP contribution in [0.3, 0.4) is 0 Å². The quantitative estimate of drug-likeness (QED) is 0.672. The van der Waals surface area contributed by atoms with Crippen LogP contribution in [-0.4, -0.2) is 33.9 Å². The van der Waals surface area contributed by atoms with Gasteiger partial charge in [0.1, 0.15) is 5.69 Å². The largest absolute Gasteiger partial charge is 0.372 e. The molecule has 0 aliphatic carbocycles. The fourth-order valence-corrected chi connectivity index (χ4v) is 3.36. The Labute approximate surface area is 170 Å². The van der Waals surface area contributed by atoms with E-state index in [1.165, 1.54) is 24.9 Å². The van der Waals surface area contributed by atoms with Crippen LogP contribution in [0.15, 0.2) is 61.1 Å². The first-order valence-corrected chi connectivity index (χ1v) is 9.90. The topological polar surface area (TPSA) is 83.0 Å². The number of amides is 1. The van der Waals surface area contributed by atoms with Gasteiger partial charge in [0.05, 0.1) is 0 Å². The van der Waals surface area contributed by atoms with Crippen molar-refractivity contribution in [2.24, 2.45) is 0 Å². The van der Waals surface area contributed by atoms with Crippen molar-refractivity contribution in [1.82, 2.24) is 20.3 Å². The van der Waals surface area contributed by atoms with Gasteiger partial charge in [-0.25, -0.2) is 9.97 Å². The van der Waals surface area contributed by atoms with Crippen LogP contribution in [0.2, 0.25) is 0 Å². The molecular formula is C22H24N6O. The fraction of sp³-hybridized carbons (Fsp3) is 0.273. The number of nitrogens with one attached hydrogen (secondary N) is 2. The molecule has 0 atom stereocenters. The van der Waals surface area contributed by atoms with Gasteiger partial charge in [-0.3, -0.25) is 9.78 Å². The van der Waals surface area contributed by atoms with Gasteiger partial charge in [0.2, 0.25) is 5.95 Å². The zero-order chi connectivity index (χ0) is 19.9. The van der Waals surface area contributed by atoms with Crippen molar-refractivity contribution in [3.63, 3.8) is 0 Å². The van der Waals surface area contributed by atoms with Gasteiger partial charge in [0, 0.05) is 49.6 Å². The zero-order valence-electron chi connectivity index (χ0n) is 16.2. The van der Waals surface area contributed by atoms with Crippen LogP contribution in [0.1, 0.15) is 35.3 Å². The second-order valence-corrected chi connectivity index (χ2v) is 7.03. The minimum atomic E-state index is -0.250. The molecule has 1 saturated heterocycles. The second kappa shape index (κ2) is 9.14. The predicted molar refractivity (Wildman–Crippen MR) is 113 cm³/mol. The van der Waals surface area contributed by atoms with Crippen molar-refractivity contribution >= 4 is 23.2 Å². The van der Waals surface area contributed by atoms with Crippen molar-refractivity contribution in [3.05, 3.63) is 72.3 Å². The average Bonchev–Trinajstić information content (AvgIpc) is 2.79. The van der Waals surface area contributed by atoms with Crippen LogP contribution in [0.5, 0.6) is 0 Å². The van der Waals surface area contributed by atoms with E-state index in [9.17, 15) is 4.79 Å². The first-order valence-electron chi connectivity index (χ1n) is 9.90. The minimum absolute atomic E-state index is 0.250. The minimum Gasteiger partial charge on any atom is -0.372 e. The number of piperidine rings is 1. The number of pyridine rings is 1. The molecule has 3 aromatic rings. The van der Waals surface area contributed by atoms with E-state index in [1.807, 2.05) is 24.3 Å². The Hall–Kier alpha value is -3.48. The van der Waals surface area contributed by atoms with E-state index in [2.05, 4.69) is 42.6 Å². The summed E-state index contributed by atoms with van der Waals surface area (Å²) in [7, 11) is 0. The van der Waals surface area contributed by atoms with Crippen LogP contribution in [0.4, 0.5) is 17.3 Å². The van der Waals surface area contributed by atoms with Gasteiger partial charge < -0.3 is 15.5 Å². The van der Waals surface area contributed by atoms with Gasteiger partial charge in [-0.2, -0.15) is 0 Å². The standard InChI is InChI=1S/C22H24N6O/c29-21(25-16-17-5-4-11-23-15-17)20-10-12-24-22(27-20)26-18-6-8-19(9-7-18)28-13-2-1-3-14-28/h4-12,15H,1-3,13-14,16H2,(H,25,29)(H,24,26,27). The van der Waals surface area contributed by atoms with Crippen molar-refractivity contribution in [2.75, 3.05) is 23.3 Å². The summed E-state index contributed by atoms with van der Waals surface area (Å²) in [6.07, 6.45) is 8.83. The summed E-state index contributed by atoms with van der Waals surface area (Å²) in [5.74, 6) is 0.143. The molecule has 1 aliphatic rings. The van der Waals surface area contributed by atoms with Gasteiger partial charge in [-0.05, 0) is 61.2 Å². The zero-order valence-corrected chi connectivity index (χ0v) is 16.2. The molecule has 7 heteroatoms. The van der Waals surface area contributed by atoms with Gasteiger partial charge >= 0.3 is 0 Å². The number of rotatable bonds is 6. The average molecular weight is 388 g/mol. The Morgan fingerprint density at radius 1 is 1.00 bits per heavy atom. The maximum atomic E-state index is 12.4. The second-order valence-electron chi connectivity index (χ2n) is 7.03. The smallest absolute Gasteiger partial charge is 0.270 e. The Kier molecular flexibility index (Phi) is 5.95. The maximum absolute atomic E-state index is 12.4. The first-order chi connectivity index (χ1) is 14.3. The summed E-state index contributed by atoms with van der Waals surface area (Å²) >= 11 is 0. The van der Waals surface area contributed by atoms with Gasteiger partial charge in [-0.1, -0.05) is 6.07 Å². The maximum Gasteiger partial charge on any atom is 0.270 e. The third-order valence-electron chi connectivity index (χ3n) is 4.91. The molecule has 0 radical (unpaired) electrons. The number of hydrogen-bond acceptors (Lipinski definition) is 6. The third-order valence-corrected chi connectivity index (χ3v) is 4.91. The lowest BCUT2D eigenvalue weighted by Crippen LogP contribution is -2.29. The number of hydrogen-bond donors (Lipinski definition) is 2. The monoisotopic (exact) mass is 388 g/mol. The normalized spacial score (nSPS) is 13.7. The molecule has 4 rings (SSSR count). The van der Waals surface area contributed by atoms with Crippen molar-refractivity contribution in [2.45, 2.75) is 25.8 Å². The first kappa shape index (κ1) is 18.9. The molecule has 0 saturated carbocycles. The molecular weight excluding hydrogens is 364 g/mol. The van der Waals surface area contributed by atoms with E-state index in [-0.39, 0.29) is 5.91 Å². The molecule has 1 aliphatic heterocycles. The van der Waals surface area contributed by atoms with Crippen LogP contribution < -0.4 is 15.5 Å². The predicted octanol–water partition coefficient (Wildman–Crippen LogP) is 3.54. The molecule has 3 heterocycles. The number of benzene rings is 1. The summed E-state index contributed by atoms with van der Waals surface area (Å²) in [6, 6.07) is 13.6. The van der Waals surface area contributed by atoms with Crippen LogP contribution in [0, 0.1) is 0 Å². The van der Waals surface area contributed by atoms with Crippen molar-refractivity contribution in [1.29, 1.82) is 0 Å². The van der Waals surface area contributed by atoms with E-state index in [4.69, 9.17) is 0 Å². The lowest BCUT2D eigenvalue weighted by Gasteiger charge is -2.28. The lowest BCUT2D eigenvalue weighted by atomic mass is 10.1. The highest BCUT2D eigenvalue weighted by atomic mass is 16.1. The molecule has 2 N–H and O–H groups in total. The fourth-order valence-electron chi connectivity index (χ4n) is 3.36. The Bertz CT molecular complexity index is 939. The lowest BCUT2D eigenvalue weighted by molar-refractivity contribution is 0.0946. The summed E-state index contributed by atoms with van der Waals surface area (Å²) < 4.78 is 0. The van der Waals surface area contributed by atoms with Crippen LogP contribution in [0.25, 0.3) is 0 Å². The Balaban J connectivity index is 1.37. The Morgan fingerprint density at radius 2 is 1.83 bits per heavy atom. The molecule has 2 aromatic heterocycles. The van der Waals surface area contributed by atoms with Crippen molar-refractivity contribution in [3.8, 4) is 0 Å². The molecule has 1 aromatic carbocycles. The molecule has 148 valence electrons. The number of carbonyl (C=O) groups is 1. The number of aromatic nitrogens is 3. The molecule has 1 amide bonds. The number of carbonyl (C=O) groups excluding carboxylic acids is 1. The SMILES string of the molecule is O=C(NCc1cccnc1)c1ccnc(Nc2ccc(N3CCCCC3)cc2)n1. The number of anilines is 3. The molecule has 0 bridgehead atoms. The molecule has 0 unspecified atom stereocenters. The van der Waals surface area contributed by atoms with E-state index >= 15 is 0 Å². The molecule has 0 spiro atoms. The highest BCUT2D eigenvalue weighted by Gasteiger charge is 2.11. The van der Waals surface area contributed by atoms with Gasteiger partial charge in [0.25, 0.3) is 5.91 Å². The summed E-state index contributed by atoms with van der Waals surface area (Å²) in [6.45, 7) is 2.63. The van der Waals surface area contributed by atoms with Crippen molar-refractivity contribution < 1.29 is 4.79 Å². The van der Waals surface area contributed by atoms with Crippen LogP contribution in [-0.2, 0) is 6.54 Å². The summed E-state index contributed by atoms with van der Waals surface area (Å²) in [5.41, 5.74) is 3.37. The third kappa shape index (κ3) is 5.07.